The summed E-state index contributed by atoms with van der Waals surface area (Å²) in [5, 5.41) is 0. The topological polar surface area (TPSA) is 106 Å². The van der Waals surface area contributed by atoms with Crippen molar-refractivity contribution in [3.8, 4) is 11.5 Å². The number of imide groups is 2. The van der Waals surface area contributed by atoms with Crippen LogP contribution in [0, 0.1) is 0 Å². The Balaban J connectivity index is 1.76. The summed E-state index contributed by atoms with van der Waals surface area (Å²) in [4.78, 5) is 52.2. The first-order valence-corrected chi connectivity index (χ1v) is 9.31. The van der Waals surface area contributed by atoms with E-state index < -0.39 is 17.8 Å². The number of ether oxygens (including phenoxy) is 3. The van der Waals surface area contributed by atoms with Gasteiger partial charge in [-0.3, -0.25) is 24.2 Å². The highest BCUT2D eigenvalue weighted by Gasteiger charge is 2.37. The van der Waals surface area contributed by atoms with Gasteiger partial charge in [0.25, 0.3) is 17.7 Å². The monoisotopic (exact) mass is 417 g/mol. The highest BCUT2D eigenvalue weighted by atomic mass is 16.5. The number of hydrogen-bond donors (Lipinski definition) is 0. The number of amides is 5. The summed E-state index contributed by atoms with van der Waals surface area (Å²) in [6, 6.07) is 4.11. The van der Waals surface area contributed by atoms with Gasteiger partial charge in [0.15, 0.2) is 18.1 Å². The number of hydrogen-bond acceptors (Lipinski definition) is 7. The Morgan fingerprint density at radius 2 is 1.70 bits per heavy atom. The molecule has 3 rings (SSSR count). The lowest BCUT2D eigenvalue weighted by Crippen LogP contribution is -2.52. The standard InChI is InChI=1S/C20H23N3O7/c1-21-18(25)14(19(26)22(2)20(21)27)10-13-4-5-15(16(11-13)28-3)30-12-17(24)23-6-8-29-9-7-23/h4-5,10-11H,6-9,12H2,1-3H3. The van der Waals surface area contributed by atoms with Crippen LogP contribution in [0.15, 0.2) is 23.8 Å². The van der Waals surface area contributed by atoms with E-state index in [-0.39, 0.29) is 18.1 Å². The van der Waals surface area contributed by atoms with E-state index >= 15 is 0 Å². The third kappa shape index (κ3) is 4.28. The second kappa shape index (κ2) is 8.95. The van der Waals surface area contributed by atoms with Gasteiger partial charge in [-0.15, -0.1) is 0 Å². The van der Waals surface area contributed by atoms with Crippen molar-refractivity contribution >= 4 is 29.8 Å². The Morgan fingerprint density at radius 1 is 1.07 bits per heavy atom. The third-order valence-electron chi connectivity index (χ3n) is 4.86. The summed E-state index contributed by atoms with van der Waals surface area (Å²) in [5.74, 6) is -0.822. The molecule has 2 aliphatic heterocycles. The van der Waals surface area contributed by atoms with E-state index in [0.717, 1.165) is 9.80 Å². The van der Waals surface area contributed by atoms with Crippen molar-refractivity contribution in [1.29, 1.82) is 0 Å². The molecule has 2 heterocycles. The fourth-order valence-corrected chi connectivity index (χ4v) is 3.08. The van der Waals surface area contributed by atoms with Gasteiger partial charge in [-0.1, -0.05) is 6.07 Å². The fourth-order valence-electron chi connectivity index (χ4n) is 3.08. The Bertz CT molecular complexity index is 880. The first-order chi connectivity index (χ1) is 14.3. The molecular weight excluding hydrogens is 394 g/mol. The smallest absolute Gasteiger partial charge is 0.333 e. The van der Waals surface area contributed by atoms with Crippen LogP contribution in [0.2, 0.25) is 0 Å². The minimum absolute atomic E-state index is 0.141. The number of likely N-dealkylation sites (N-methyl/N-ethyl adjacent to an activating group) is 2. The molecule has 0 aromatic heterocycles. The number of urea groups is 1. The molecule has 0 unspecified atom stereocenters. The average molecular weight is 417 g/mol. The Kier molecular flexibility index (Phi) is 6.36. The number of morpholine rings is 1. The van der Waals surface area contributed by atoms with Crippen LogP contribution in [0.4, 0.5) is 4.79 Å². The highest BCUT2D eigenvalue weighted by molar-refractivity contribution is 6.30. The molecule has 0 bridgehead atoms. The van der Waals surface area contributed by atoms with Gasteiger partial charge >= 0.3 is 6.03 Å². The van der Waals surface area contributed by atoms with Gasteiger partial charge in [-0.25, -0.2) is 4.79 Å². The van der Waals surface area contributed by atoms with Gasteiger partial charge < -0.3 is 19.1 Å². The molecule has 160 valence electrons. The molecule has 10 heteroatoms. The molecule has 0 radical (unpaired) electrons. The minimum Gasteiger partial charge on any atom is -0.493 e. The van der Waals surface area contributed by atoms with Crippen LogP contribution in [0.3, 0.4) is 0 Å². The van der Waals surface area contributed by atoms with Crippen LogP contribution < -0.4 is 9.47 Å². The first-order valence-electron chi connectivity index (χ1n) is 9.31. The fraction of sp³-hybridized carbons (Fsp3) is 0.400. The second-order valence-electron chi connectivity index (χ2n) is 6.76. The summed E-state index contributed by atoms with van der Waals surface area (Å²) in [6.45, 7) is 1.92. The van der Waals surface area contributed by atoms with E-state index in [2.05, 4.69) is 0 Å². The predicted octanol–water partition coefficient (Wildman–Crippen LogP) is 0.367. The van der Waals surface area contributed by atoms with E-state index in [1.54, 1.807) is 23.1 Å². The Hall–Kier alpha value is -3.40. The molecule has 30 heavy (non-hydrogen) atoms. The number of nitrogens with zero attached hydrogens (tertiary/aromatic N) is 3. The van der Waals surface area contributed by atoms with Crippen molar-refractivity contribution in [3.63, 3.8) is 0 Å². The molecule has 1 aromatic rings. The molecular formula is C20H23N3O7. The zero-order chi connectivity index (χ0) is 21.8. The summed E-state index contributed by atoms with van der Waals surface area (Å²) in [7, 11) is 4.06. The maximum absolute atomic E-state index is 12.3. The maximum Gasteiger partial charge on any atom is 0.333 e. The molecule has 10 nitrogen and oxygen atoms in total. The maximum atomic E-state index is 12.3. The normalized spacial score (nSPS) is 17.4. The van der Waals surface area contributed by atoms with E-state index in [4.69, 9.17) is 14.2 Å². The molecule has 0 N–H and O–H groups in total. The van der Waals surface area contributed by atoms with Crippen molar-refractivity contribution in [2.45, 2.75) is 0 Å². The Labute approximate surface area is 173 Å². The van der Waals surface area contributed by atoms with Crippen LogP contribution in [0.25, 0.3) is 6.08 Å². The number of carbonyl (C=O) groups excluding carboxylic acids is 4. The molecule has 0 saturated carbocycles. The van der Waals surface area contributed by atoms with Crippen LogP contribution in [-0.4, -0.2) is 92.6 Å². The number of methoxy groups -OCH3 is 1. The summed E-state index contributed by atoms with van der Waals surface area (Å²) < 4.78 is 16.2. The molecule has 0 atom stereocenters. The number of carbonyl (C=O) groups is 4. The predicted molar refractivity (Wildman–Crippen MR) is 105 cm³/mol. The zero-order valence-corrected chi connectivity index (χ0v) is 17.0. The average Bonchev–Trinajstić information content (AvgIpc) is 2.78. The second-order valence-corrected chi connectivity index (χ2v) is 6.76. The minimum atomic E-state index is -0.687. The van der Waals surface area contributed by atoms with Crippen LogP contribution in [0.5, 0.6) is 11.5 Å². The van der Waals surface area contributed by atoms with Gasteiger partial charge in [0.05, 0.1) is 20.3 Å². The lowest BCUT2D eigenvalue weighted by molar-refractivity contribution is -0.137. The van der Waals surface area contributed by atoms with Crippen molar-refractivity contribution in [2.24, 2.45) is 0 Å². The molecule has 1 aromatic carbocycles. The number of rotatable bonds is 5. The van der Waals surface area contributed by atoms with Gasteiger partial charge in [0.1, 0.15) is 5.57 Å². The van der Waals surface area contributed by atoms with Gasteiger partial charge in [-0.05, 0) is 23.8 Å². The third-order valence-corrected chi connectivity index (χ3v) is 4.86. The molecule has 5 amide bonds. The van der Waals surface area contributed by atoms with E-state index in [1.165, 1.54) is 27.3 Å². The Morgan fingerprint density at radius 3 is 2.30 bits per heavy atom. The SMILES string of the molecule is COc1cc(C=C2C(=O)N(C)C(=O)N(C)C2=O)ccc1OCC(=O)N1CCOCC1. The molecule has 0 spiro atoms. The number of benzene rings is 1. The molecule has 0 aliphatic carbocycles. The van der Waals surface area contributed by atoms with Crippen molar-refractivity contribution in [2.75, 3.05) is 54.1 Å². The van der Waals surface area contributed by atoms with E-state index in [9.17, 15) is 19.2 Å². The summed E-state index contributed by atoms with van der Waals surface area (Å²) in [6.07, 6.45) is 1.38. The van der Waals surface area contributed by atoms with Crippen molar-refractivity contribution < 1.29 is 33.4 Å². The highest BCUT2D eigenvalue weighted by Crippen LogP contribution is 2.29. The molecule has 2 fully saturated rings. The van der Waals surface area contributed by atoms with Crippen molar-refractivity contribution in [3.05, 3.63) is 29.3 Å². The number of barbiturate groups is 1. The molecule has 2 aliphatic rings. The quantitative estimate of drug-likeness (QED) is 0.503. The van der Waals surface area contributed by atoms with Crippen LogP contribution >= 0.6 is 0 Å². The van der Waals surface area contributed by atoms with E-state index in [0.29, 0.717) is 43.4 Å². The molecule has 2 saturated heterocycles. The van der Waals surface area contributed by atoms with Gasteiger partial charge in [-0.2, -0.15) is 0 Å². The first kappa shape index (κ1) is 21.3. The lowest BCUT2D eigenvalue weighted by atomic mass is 10.1. The lowest BCUT2D eigenvalue weighted by Gasteiger charge is -2.28. The van der Waals surface area contributed by atoms with Crippen LogP contribution in [0.1, 0.15) is 5.56 Å². The van der Waals surface area contributed by atoms with Gasteiger partial charge in [0, 0.05) is 27.2 Å². The zero-order valence-electron chi connectivity index (χ0n) is 17.0. The van der Waals surface area contributed by atoms with Crippen molar-refractivity contribution in [1.82, 2.24) is 14.7 Å². The van der Waals surface area contributed by atoms with E-state index in [1.807, 2.05) is 0 Å². The van der Waals surface area contributed by atoms with Crippen LogP contribution in [-0.2, 0) is 19.1 Å². The summed E-state index contributed by atoms with van der Waals surface area (Å²) in [5.41, 5.74) is 0.365. The van der Waals surface area contributed by atoms with Gasteiger partial charge in [0.2, 0.25) is 0 Å². The summed E-state index contributed by atoms with van der Waals surface area (Å²) >= 11 is 0. The largest absolute Gasteiger partial charge is 0.493 e.